The Morgan fingerprint density at radius 1 is 0.923 bits per heavy atom. The van der Waals surface area contributed by atoms with Crippen LogP contribution in [0.15, 0.2) is 66.9 Å². The van der Waals surface area contributed by atoms with Gasteiger partial charge in [0.25, 0.3) is 0 Å². The quantitative estimate of drug-likeness (QED) is 0.715. The van der Waals surface area contributed by atoms with Crippen LogP contribution in [0.25, 0.3) is 0 Å². The second-order valence-corrected chi connectivity index (χ2v) is 6.82. The molecule has 2 amide bonds. The topological polar surface area (TPSA) is 37.3 Å². The van der Waals surface area contributed by atoms with E-state index in [4.69, 9.17) is 0 Å². The molecular formula is C22H23N3O. The fourth-order valence-electron chi connectivity index (χ4n) is 3.72. The Labute approximate surface area is 154 Å². The van der Waals surface area contributed by atoms with E-state index < -0.39 is 0 Å². The summed E-state index contributed by atoms with van der Waals surface area (Å²) >= 11 is 0. The number of anilines is 1. The summed E-state index contributed by atoms with van der Waals surface area (Å²) in [7, 11) is 0. The van der Waals surface area contributed by atoms with Crippen LogP contribution in [-0.2, 0) is 6.54 Å². The Kier molecular flexibility index (Phi) is 4.25. The number of carbonyl (C=O) groups excluding carboxylic acids is 1. The molecule has 0 bridgehead atoms. The van der Waals surface area contributed by atoms with Gasteiger partial charge in [-0.3, -0.25) is 0 Å². The van der Waals surface area contributed by atoms with Gasteiger partial charge >= 0.3 is 6.03 Å². The van der Waals surface area contributed by atoms with Crippen LogP contribution >= 0.6 is 0 Å². The first-order valence-corrected chi connectivity index (χ1v) is 8.99. The largest absolute Gasteiger partial charge is 0.348 e. The minimum atomic E-state index is -0.0797. The van der Waals surface area contributed by atoms with Crippen LogP contribution in [0.5, 0.6) is 0 Å². The smallest absolute Gasteiger partial charge is 0.322 e. The van der Waals surface area contributed by atoms with Crippen molar-refractivity contribution in [1.82, 2.24) is 9.47 Å². The Hall–Kier alpha value is -3.01. The van der Waals surface area contributed by atoms with Crippen molar-refractivity contribution in [3.63, 3.8) is 0 Å². The zero-order valence-electron chi connectivity index (χ0n) is 15.1. The molecule has 4 heteroatoms. The van der Waals surface area contributed by atoms with E-state index in [1.807, 2.05) is 48.2 Å². The molecule has 1 aromatic heterocycles. The fraction of sp³-hybridized carbons (Fsp3) is 0.227. The lowest BCUT2D eigenvalue weighted by Gasteiger charge is -2.38. The Bertz CT molecular complexity index is 944. The number of hydrogen-bond acceptors (Lipinski definition) is 1. The van der Waals surface area contributed by atoms with Crippen molar-refractivity contribution < 1.29 is 4.79 Å². The lowest BCUT2D eigenvalue weighted by Crippen LogP contribution is -2.44. The van der Waals surface area contributed by atoms with E-state index in [1.54, 1.807) is 0 Å². The van der Waals surface area contributed by atoms with Crippen molar-refractivity contribution in [3.05, 3.63) is 89.2 Å². The standard InChI is InChI=1S/C22H23N3O/c1-16-8-3-5-10-18(16)21-20-12-7-13-24(20)14-15-25(21)22(26)23-19-11-6-4-9-17(19)2/h3-13,21H,14-15H2,1-2H3,(H,23,26)/t21-/m0/s1. The molecule has 3 aromatic rings. The van der Waals surface area contributed by atoms with Gasteiger partial charge in [0.15, 0.2) is 0 Å². The Balaban J connectivity index is 1.71. The number of aromatic nitrogens is 1. The number of amides is 2. The molecular weight excluding hydrogens is 322 g/mol. The molecule has 0 fully saturated rings. The van der Waals surface area contributed by atoms with Crippen LogP contribution in [0.3, 0.4) is 0 Å². The Morgan fingerprint density at radius 3 is 2.42 bits per heavy atom. The molecule has 4 nitrogen and oxygen atoms in total. The van der Waals surface area contributed by atoms with E-state index in [-0.39, 0.29) is 12.1 Å². The zero-order chi connectivity index (χ0) is 18.1. The van der Waals surface area contributed by atoms with Crippen molar-refractivity contribution in [3.8, 4) is 0 Å². The lowest BCUT2D eigenvalue weighted by molar-refractivity contribution is 0.181. The maximum atomic E-state index is 13.2. The monoisotopic (exact) mass is 345 g/mol. The molecule has 1 N–H and O–H groups in total. The second kappa shape index (κ2) is 6.71. The van der Waals surface area contributed by atoms with Gasteiger partial charge in [-0.2, -0.15) is 0 Å². The van der Waals surface area contributed by atoms with Crippen molar-refractivity contribution in [2.75, 3.05) is 11.9 Å². The summed E-state index contributed by atoms with van der Waals surface area (Å²) in [6.45, 7) is 5.61. The molecule has 1 aliphatic rings. The van der Waals surface area contributed by atoms with Crippen LogP contribution in [0.2, 0.25) is 0 Å². The van der Waals surface area contributed by atoms with Crippen LogP contribution < -0.4 is 5.32 Å². The van der Waals surface area contributed by atoms with E-state index in [2.05, 4.69) is 47.3 Å². The van der Waals surface area contributed by atoms with Crippen molar-refractivity contribution in [2.45, 2.75) is 26.4 Å². The summed E-state index contributed by atoms with van der Waals surface area (Å²) in [5, 5.41) is 3.10. The summed E-state index contributed by atoms with van der Waals surface area (Å²) in [4.78, 5) is 15.1. The highest BCUT2D eigenvalue weighted by atomic mass is 16.2. The highest BCUT2D eigenvalue weighted by molar-refractivity contribution is 5.90. The predicted molar refractivity (Wildman–Crippen MR) is 104 cm³/mol. The first-order valence-electron chi connectivity index (χ1n) is 8.99. The number of para-hydroxylation sites is 1. The normalized spacial score (nSPS) is 16.2. The molecule has 0 aliphatic carbocycles. The molecule has 0 unspecified atom stereocenters. The molecule has 1 aliphatic heterocycles. The molecule has 0 radical (unpaired) electrons. The van der Waals surface area contributed by atoms with Gasteiger partial charge in [0.1, 0.15) is 0 Å². The second-order valence-electron chi connectivity index (χ2n) is 6.82. The molecule has 1 atom stereocenters. The lowest BCUT2D eigenvalue weighted by atomic mass is 9.96. The van der Waals surface area contributed by atoms with E-state index in [0.29, 0.717) is 6.54 Å². The SMILES string of the molecule is Cc1ccccc1NC(=O)N1CCn2cccc2[C@@H]1c1ccccc1C. The molecule has 26 heavy (non-hydrogen) atoms. The van der Waals surface area contributed by atoms with Gasteiger partial charge in [0.2, 0.25) is 0 Å². The number of carbonyl (C=O) groups is 1. The van der Waals surface area contributed by atoms with Crippen molar-refractivity contribution in [2.24, 2.45) is 0 Å². The molecule has 2 heterocycles. The third-order valence-corrected chi connectivity index (χ3v) is 5.17. The molecule has 0 spiro atoms. The molecule has 2 aromatic carbocycles. The number of aryl methyl sites for hydroxylation is 2. The van der Waals surface area contributed by atoms with Gasteiger partial charge in [-0.15, -0.1) is 0 Å². The summed E-state index contributed by atoms with van der Waals surface area (Å²) in [5.41, 5.74) is 5.45. The first kappa shape index (κ1) is 16.5. The van der Waals surface area contributed by atoms with Crippen LogP contribution in [-0.4, -0.2) is 22.0 Å². The molecule has 4 rings (SSSR count). The van der Waals surface area contributed by atoms with Crippen LogP contribution in [0, 0.1) is 13.8 Å². The molecule has 0 saturated carbocycles. The minimum absolute atomic E-state index is 0.0556. The molecule has 132 valence electrons. The van der Waals surface area contributed by atoms with Crippen molar-refractivity contribution in [1.29, 1.82) is 0 Å². The highest BCUT2D eigenvalue weighted by Gasteiger charge is 2.33. The fourth-order valence-corrected chi connectivity index (χ4v) is 3.72. The molecule has 0 saturated heterocycles. The summed E-state index contributed by atoms with van der Waals surface area (Å²) in [6, 6.07) is 20.2. The summed E-state index contributed by atoms with van der Waals surface area (Å²) in [6.07, 6.45) is 2.09. The number of rotatable bonds is 2. The minimum Gasteiger partial charge on any atom is -0.348 e. The number of nitrogens with zero attached hydrogens (tertiary/aromatic N) is 2. The third-order valence-electron chi connectivity index (χ3n) is 5.17. The summed E-state index contributed by atoms with van der Waals surface area (Å²) in [5.74, 6) is 0. The van der Waals surface area contributed by atoms with E-state index >= 15 is 0 Å². The van der Waals surface area contributed by atoms with Gasteiger partial charge < -0.3 is 14.8 Å². The average molecular weight is 345 g/mol. The zero-order valence-corrected chi connectivity index (χ0v) is 15.1. The summed E-state index contributed by atoms with van der Waals surface area (Å²) < 4.78 is 2.24. The predicted octanol–water partition coefficient (Wildman–Crippen LogP) is 4.74. The maximum Gasteiger partial charge on any atom is 0.322 e. The van der Waals surface area contributed by atoms with Gasteiger partial charge in [-0.05, 0) is 48.7 Å². The van der Waals surface area contributed by atoms with Gasteiger partial charge in [0, 0.05) is 30.7 Å². The van der Waals surface area contributed by atoms with Gasteiger partial charge in [0.05, 0.1) is 6.04 Å². The maximum absolute atomic E-state index is 13.2. The first-order chi connectivity index (χ1) is 12.6. The Morgan fingerprint density at radius 2 is 1.65 bits per heavy atom. The number of fused-ring (bicyclic) bond motifs is 1. The highest BCUT2D eigenvalue weighted by Crippen LogP contribution is 2.34. The van der Waals surface area contributed by atoms with E-state index in [1.165, 1.54) is 11.1 Å². The van der Waals surface area contributed by atoms with Crippen LogP contribution in [0.1, 0.15) is 28.4 Å². The average Bonchev–Trinajstić information content (AvgIpc) is 3.12. The van der Waals surface area contributed by atoms with Crippen molar-refractivity contribution >= 4 is 11.7 Å². The number of hydrogen-bond donors (Lipinski definition) is 1. The van der Waals surface area contributed by atoms with Gasteiger partial charge in [-0.25, -0.2) is 4.79 Å². The van der Waals surface area contributed by atoms with E-state index in [9.17, 15) is 4.79 Å². The van der Waals surface area contributed by atoms with E-state index in [0.717, 1.165) is 23.5 Å². The van der Waals surface area contributed by atoms with Gasteiger partial charge in [-0.1, -0.05) is 42.5 Å². The number of urea groups is 1. The van der Waals surface area contributed by atoms with Crippen LogP contribution in [0.4, 0.5) is 10.5 Å². The number of benzene rings is 2. The third kappa shape index (κ3) is 2.88. The number of nitrogens with one attached hydrogen (secondary N) is 1.